The molecular weight excluding hydrogens is 942 g/mol. The highest BCUT2D eigenvalue weighted by atomic mass is 35.5. The van der Waals surface area contributed by atoms with Crippen molar-refractivity contribution in [2.75, 3.05) is 81.7 Å². The molecule has 3 aromatic carbocycles. The molecule has 0 unspecified atom stereocenters. The van der Waals surface area contributed by atoms with Crippen LogP contribution in [0, 0.1) is 15.5 Å². The number of rotatable bonds is 13. The van der Waals surface area contributed by atoms with Crippen LogP contribution in [0.25, 0.3) is 16.6 Å². The fraction of sp³-hybridized carbons (Fsp3) is 0.429. The van der Waals surface area contributed by atoms with Crippen molar-refractivity contribution in [2.45, 2.75) is 62.9 Å². The molecule has 3 aliphatic heterocycles. The van der Waals surface area contributed by atoms with E-state index >= 15 is 0 Å². The number of nitrogens with one attached hydrogen (secondary N) is 3. The van der Waals surface area contributed by atoms with Crippen LogP contribution in [0.1, 0.15) is 61.9 Å². The Morgan fingerprint density at radius 1 is 1.00 bits per heavy atom. The van der Waals surface area contributed by atoms with Gasteiger partial charge in [0.1, 0.15) is 23.8 Å². The number of hydrogen-bond donors (Lipinski definition) is 3. The number of sulfonamides is 1. The van der Waals surface area contributed by atoms with E-state index in [2.05, 4.69) is 65.0 Å². The highest BCUT2D eigenvalue weighted by Crippen LogP contribution is 2.44. The minimum absolute atomic E-state index is 0.0175. The zero-order valence-electron chi connectivity index (χ0n) is 39.2. The summed E-state index contributed by atoms with van der Waals surface area (Å²) in [5.41, 5.74) is 5.21. The first-order valence-electron chi connectivity index (χ1n) is 23.2. The first kappa shape index (κ1) is 48.3. The topological polar surface area (TPSA) is 205 Å². The third kappa shape index (κ3) is 11.5. The van der Waals surface area contributed by atoms with Gasteiger partial charge in [0.25, 0.3) is 21.6 Å². The predicted octanol–water partition coefficient (Wildman–Crippen LogP) is 8.19. The summed E-state index contributed by atoms with van der Waals surface area (Å²) in [6.07, 6.45) is 11.2. The zero-order chi connectivity index (χ0) is 48.7. The number of nitro benzene ring substituents is 1. The lowest BCUT2D eigenvalue weighted by Crippen LogP contribution is -2.47. The van der Waals surface area contributed by atoms with Gasteiger partial charge in [0.05, 0.1) is 33.7 Å². The Balaban J connectivity index is 0.913. The Morgan fingerprint density at radius 2 is 1.75 bits per heavy atom. The van der Waals surface area contributed by atoms with Gasteiger partial charge in [-0.3, -0.25) is 24.0 Å². The van der Waals surface area contributed by atoms with E-state index < -0.39 is 41.2 Å². The molecule has 0 spiro atoms. The summed E-state index contributed by atoms with van der Waals surface area (Å²) in [5.74, 6) is -0.576. The van der Waals surface area contributed by atoms with Crippen LogP contribution in [0.2, 0.25) is 5.02 Å². The maximum absolute atomic E-state index is 14.1. The number of likely N-dealkylation sites (tertiary alicyclic amines) is 1. The number of ether oxygens (including phenoxy) is 2. The summed E-state index contributed by atoms with van der Waals surface area (Å²) in [5, 5.41) is 17.1. The van der Waals surface area contributed by atoms with Crippen molar-refractivity contribution in [3.8, 4) is 17.2 Å². The summed E-state index contributed by atoms with van der Waals surface area (Å²) in [4.78, 5) is 39.8. The standard InChI is InChI=1S/C49H58ClN9O8S2/c1-49(2)15-11-34(42(27-49)32-5-7-35(50)8-6-32)29-57-19-21-58(22-20-57)38-9-10-41(44(24-38)67-39-23-33-12-16-51-47(33)52-28-39)48(60)55-69(64,65)40-25-43(59(61)62)46-45(26-40)66-31-37(53-46)30-56-17-13-36(14-18-56)54-68(3,4)63/h5-10,12,16,23-26,28,36-37,53H,11,13-15,17-22,27,29-31H2,1-4H3,(H,51,52)(H,55,60)/t37-/m1/s1. The van der Waals surface area contributed by atoms with Gasteiger partial charge in [0.2, 0.25) is 0 Å². The van der Waals surface area contributed by atoms with E-state index in [4.69, 9.17) is 21.1 Å². The number of hydrogen-bond acceptors (Lipinski definition) is 14. The number of aromatic amines is 1. The van der Waals surface area contributed by atoms with Crippen molar-refractivity contribution in [1.82, 2.24) is 24.5 Å². The molecule has 1 atom stereocenters. The normalized spacial score (nSPS) is 19.4. The third-order valence-electron chi connectivity index (χ3n) is 13.4. The number of pyridine rings is 1. The van der Waals surface area contributed by atoms with Gasteiger partial charge >= 0.3 is 0 Å². The van der Waals surface area contributed by atoms with Gasteiger partial charge in [0, 0.05) is 115 Å². The van der Waals surface area contributed by atoms with Gasteiger partial charge < -0.3 is 29.6 Å². The Bertz CT molecular complexity index is 3040. The number of piperazine rings is 1. The van der Waals surface area contributed by atoms with Crippen LogP contribution in [-0.2, 0) is 19.8 Å². The Labute approximate surface area is 408 Å². The summed E-state index contributed by atoms with van der Waals surface area (Å²) in [6, 6.07) is 18.6. The van der Waals surface area contributed by atoms with Gasteiger partial charge in [-0.25, -0.2) is 22.5 Å². The van der Waals surface area contributed by atoms with Gasteiger partial charge in [-0.05, 0) is 85.1 Å². The van der Waals surface area contributed by atoms with E-state index in [1.54, 1.807) is 36.9 Å². The van der Waals surface area contributed by atoms with Crippen LogP contribution in [0.15, 0.2) is 94.0 Å². The smallest absolute Gasteiger partial charge is 0.297 e. The number of halogens is 1. The van der Waals surface area contributed by atoms with Crippen LogP contribution >= 0.6 is 11.6 Å². The first-order valence-corrected chi connectivity index (χ1v) is 27.4. The summed E-state index contributed by atoms with van der Waals surface area (Å²) < 4.78 is 59.1. The van der Waals surface area contributed by atoms with E-state index in [1.807, 2.05) is 18.2 Å². The number of allylic oxidation sites excluding steroid dienone is 1. The molecule has 20 heteroatoms. The summed E-state index contributed by atoms with van der Waals surface area (Å²) >= 11 is 6.25. The van der Waals surface area contributed by atoms with E-state index in [9.17, 15) is 27.5 Å². The molecule has 69 heavy (non-hydrogen) atoms. The largest absolute Gasteiger partial charge is 0.489 e. The second-order valence-corrected chi connectivity index (χ2v) is 24.2. The number of fused-ring (bicyclic) bond motifs is 2. The molecule has 4 aliphatic rings. The van der Waals surface area contributed by atoms with Gasteiger partial charge in [-0.1, -0.05) is 43.2 Å². The number of nitro groups is 1. The molecule has 5 heterocycles. The summed E-state index contributed by atoms with van der Waals surface area (Å²) in [7, 11) is -6.90. The number of anilines is 2. The van der Waals surface area contributed by atoms with E-state index in [0.717, 1.165) is 73.9 Å². The molecule has 0 radical (unpaired) electrons. The van der Waals surface area contributed by atoms with Crippen LogP contribution < -0.4 is 24.4 Å². The molecule has 2 aromatic heterocycles. The SMILES string of the molecule is CC1(C)CCC(CN2CCN(c3ccc(C(=O)NS(=O)(=O)c4cc5c(c([N+](=O)[O-])c4)N[C@H](CN4CCC(N=S(C)(C)=O)CC4)CO5)c(Oc4cnc5[nH]ccc5c4)c3)CC2)=C(c2ccc(Cl)cc2)C1. The minimum atomic E-state index is -4.69. The molecule has 17 nitrogen and oxygen atoms in total. The molecule has 3 N–H and O–H groups in total. The zero-order valence-corrected chi connectivity index (χ0v) is 41.6. The number of carbonyl (C=O) groups is 1. The van der Waals surface area contributed by atoms with E-state index in [-0.39, 0.29) is 46.9 Å². The molecule has 0 bridgehead atoms. The number of aromatic nitrogens is 2. The molecular formula is C49H58ClN9O8S2. The first-order chi connectivity index (χ1) is 32.8. The molecule has 2 fully saturated rings. The number of benzene rings is 3. The predicted molar refractivity (Wildman–Crippen MR) is 270 cm³/mol. The average molecular weight is 1000 g/mol. The van der Waals surface area contributed by atoms with Crippen molar-refractivity contribution < 1.29 is 31.8 Å². The van der Waals surface area contributed by atoms with Crippen molar-refractivity contribution in [3.05, 3.63) is 111 Å². The van der Waals surface area contributed by atoms with Crippen LogP contribution in [0.4, 0.5) is 17.1 Å². The molecule has 5 aromatic rings. The fourth-order valence-corrected chi connectivity index (χ4v) is 11.8. The molecule has 1 aliphatic carbocycles. The monoisotopic (exact) mass is 999 g/mol. The van der Waals surface area contributed by atoms with Gasteiger partial charge in [-0.2, -0.15) is 0 Å². The third-order valence-corrected chi connectivity index (χ3v) is 15.7. The molecule has 1 amide bonds. The second kappa shape index (κ2) is 19.6. The lowest BCUT2D eigenvalue weighted by Gasteiger charge is -2.39. The Kier molecular flexibility index (Phi) is 13.7. The second-order valence-electron chi connectivity index (χ2n) is 19.5. The number of amides is 1. The highest BCUT2D eigenvalue weighted by molar-refractivity contribution is 7.92. The van der Waals surface area contributed by atoms with Gasteiger partial charge in [0.15, 0.2) is 11.4 Å². The van der Waals surface area contributed by atoms with E-state index in [1.165, 1.54) is 35.0 Å². The Morgan fingerprint density at radius 3 is 2.48 bits per heavy atom. The molecule has 0 saturated carbocycles. The van der Waals surface area contributed by atoms with Crippen molar-refractivity contribution in [1.29, 1.82) is 0 Å². The highest BCUT2D eigenvalue weighted by Gasteiger charge is 2.34. The van der Waals surface area contributed by atoms with Crippen molar-refractivity contribution >= 4 is 70.9 Å². The molecule has 9 rings (SSSR count). The average Bonchev–Trinajstić information content (AvgIpc) is 3.78. The summed E-state index contributed by atoms with van der Waals surface area (Å²) in [6.45, 7) is 10.6. The van der Waals surface area contributed by atoms with Crippen molar-refractivity contribution in [3.63, 3.8) is 0 Å². The number of H-pyrrole nitrogens is 1. The fourth-order valence-electron chi connectivity index (χ4n) is 9.76. The van der Waals surface area contributed by atoms with Crippen LogP contribution in [-0.4, -0.2) is 127 Å². The number of piperidine rings is 1. The number of nitrogens with zero attached hydrogens (tertiary/aromatic N) is 6. The van der Waals surface area contributed by atoms with E-state index in [0.29, 0.717) is 44.1 Å². The Hall–Kier alpha value is -5.73. The van der Waals surface area contributed by atoms with Crippen LogP contribution in [0.5, 0.6) is 17.2 Å². The quantitative estimate of drug-likeness (QED) is 0.0753. The molecule has 366 valence electrons. The van der Waals surface area contributed by atoms with Gasteiger partial charge in [-0.15, -0.1) is 0 Å². The molecule has 2 saturated heterocycles. The van der Waals surface area contributed by atoms with Crippen LogP contribution in [0.3, 0.4) is 0 Å². The lowest BCUT2D eigenvalue weighted by molar-refractivity contribution is -0.384. The minimum Gasteiger partial charge on any atom is -0.489 e. The van der Waals surface area contributed by atoms with Crippen molar-refractivity contribution in [2.24, 2.45) is 9.78 Å². The maximum Gasteiger partial charge on any atom is 0.297 e. The lowest BCUT2D eigenvalue weighted by atomic mass is 9.72. The number of carbonyl (C=O) groups excluding carboxylic acids is 1. The maximum atomic E-state index is 14.1.